The molecule has 3 heteroatoms. The third-order valence-corrected chi connectivity index (χ3v) is 11.6. The Morgan fingerprint density at radius 3 is 1.70 bits per heavy atom. The van der Waals surface area contributed by atoms with E-state index in [9.17, 15) is 0 Å². The van der Waals surface area contributed by atoms with E-state index in [1.54, 1.807) is 0 Å². The number of rotatable bonds is 5. The molecule has 0 saturated carbocycles. The van der Waals surface area contributed by atoms with E-state index >= 15 is 0 Å². The van der Waals surface area contributed by atoms with Crippen molar-refractivity contribution < 1.29 is 8.83 Å². The number of furan rings is 2. The Bertz CT molecular complexity index is 3530. The molecule has 0 atom stereocenters. The Hall–Kier alpha value is -7.62. The van der Waals surface area contributed by atoms with Gasteiger partial charge in [-0.15, -0.1) is 0 Å². The van der Waals surface area contributed by atoms with Crippen LogP contribution in [0.15, 0.2) is 209 Å². The molecule has 0 aliphatic rings. The van der Waals surface area contributed by atoms with Crippen molar-refractivity contribution in [2.75, 3.05) is 4.90 Å². The molecular weight excluding hydrogens is 695 g/mol. The Balaban J connectivity index is 1.04. The first-order valence-electron chi connectivity index (χ1n) is 19.4. The molecule has 0 amide bonds. The lowest BCUT2D eigenvalue weighted by Gasteiger charge is -2.28. The van der Waals surface area contributed by atoms with Gasteiger partial charge in [0.1, 0.15) is 22.3 Å². The fraction of sp³-hybridized carbons (Fsp3) is 0. The van der Waals surface area contributed by atoms with Gasteiger partial charge in [-0.3, -0.25) is 0 Å². The van der Waals surface area contributed by atoms with Crippen LogP contribution in [0.5, 0.6) is 0 Å². The number of hydrogen-bond acceptors (Lipinski definition) is 3. The minimum atomic E-state index is 0.856. The highest BCUT2D eigenvalue weighted by Gasteiger charge is 2.20. The number of para-hydroxylation sites is 2. The molecule has 12 rings (SSSR count). The number of benzene rings is 10. The lowest BCUT2D eigenvalue weighted by Crippen LogP contribution is -2.11. The van der Waals surface area contributed by atoms with Crippen molar-refractivity contribution in [1.82, 2.24) is 0 Å². The fourth-order valence-electron chi connectivity index (χ4n) is 8.91. The van der Waals surface area contributed by atoms with Crippen LogP contribution in [0.1, 0.15) is 0 Å². The van der Waals surface area contributed by atoms with Gasteiger partial charge in [0, 0.05) is 44.5 Å². The monoisotopic (exact) mass is 727 g/mol. The molecule has 0 spiro atoms. The maximum atomic E-state index is 6.46. The molecule has 0 aliphatic carbocycles. The minimum Gasteiger partial charge on any atom is -0.456 e. The molecule has 12 aromatic rings. The van der Waals surface area contributed by atoms with Crippen molar-refractivity contribution in [2.24, 2.45) is 0 Å². The molecule has 2 heterocycles. The topological polar surface area (TPSA) is 29.5 Å². The van der Waals surface area contributed by atoms with Gasteiger partial charge < -0.3 is 13.7 Å². The number of anilines is 3. The van der Waals surface area contributed by atoms with Crippen LogP contribution < -0.4 is 4.90 Å². The van der Waals surface area contributed by atoms with Gasteiger partial charge in [0.15, 0.2) is 0 Å². The normalized spacial score (nSPS) is 11.9. The first kappa shape index (κ1) is 31.7. The summed E-state index contributed by atoms with van der Waals surface area (Å²) in [6.45, 7) is 0. The van der Waals surface area contributed by atoms with Gasteiger partial charge in [-0.05, 0) is 116 Å². The maximum Gasteiger partial charge on any atom is 0.137 e. The van der Waals surface area contributed by atoms with Gasteiger partial charge in [-0.2, -0.15) is 0 Å². The molecule has 266 valence electrons. The Kier molecular flexibility index (Phi) is 6.93. The van der Waals surface area contributed by atoms with Crippen molar-refractivity contribution in [3.8, 4) is 22.3 Å². The van der Waals surface area contributed by atoms with Crippen molar-refractivity contribution in [1.29, 1.82) is 0 Å². The highest BCUT2D eigenvalue weighted by Crippen LogP contribution is 2.45. The molecule has 0 fully saturated rings. The summed E-state index contributed by atoms with van der Waals surface area (Å²) in [5.41, 5.74) is 11.3. The van der Waals surface area contributed by atoms with Crippen LogP contribution in [0.25, 0.3) is 98.4 Å². The summed E-state index contributed by atoms with van der Waals surface area (Å²) in [7, 11) is 0. The van der Waals surface area contributed by atoms with E-state index in [2.05, 4.69) is 193 Å². The molecule has 0 radical (unpaired) electrons. The zero-order valence-electron chi connectivity index (χ0n) is 30.8. The van der Waals surface area contributed by atoms with E-state index in [1.165, 1.54) is 43.4 Å². The van der Waals surface area contributed by atoms with Crippen LogP contribution in [-0.2, 0) is 0 Å². The molecule has 0 unspecified atom stereocenters. The Morgan fingerprint density at radius 2 is 0.860 bits per heavy atom. The lowest BCUT2D eigenvalue weighted by molar-refractivity contribution is 0.669. The highest BCUT2D eigenvalue weighted by atomic mass is 16.3. The van der Waals surface area contributed by atoms with Gasteiger partial charge in [-0.25, -0.2) is 0 Å². The Morgan fingerprint density at radius 1 is 0.281 bits per heavy atom. The van der Waals surface area contributed by atoms with Gasteiger partial charge >= 0.3 is 0 Å². The van der Waals surface area contributed by atoms with E-state index in [1.807, 2.05) is 12.1 Å². The zero-order valence-corrected chi connectivity index (χ0v) is 30.8. The Labute approximate surface area is 328 Å². The van der Waals surface area contributed by atoms with E-state index in [4.69, 9.17) is 8.83 Å². The average Bonchev–Trinajstić information content (AvgIpc) is 3.83. The van der Waals surface area contributed by atoms with Crippen LogP contribution in [0.4, 0.5) is 17.1 Å². The molecule has 10 aromatic carbocycles. The second-order valence-electron chi connectivity index (χ2n) is 14.9. The molecule has 2 aromatic heterocycles. The molecule has 0 saturated heterocycles. The predicted molar refractivity (Wildman–Crippen MR) is 239 cm³/mol. The maximum absolute atomic E-state index is 6.46. The first-order valence-corrected chi connectivity index (χ1v) is 19.4. The summed E-state index contributed by atoms with van der Waals surface area (Å²) in [6.07, 6.45) is 0. The third kappa shape index (κ3) is 5.06. The van der Waals surface area contributed by atoms with E-state index in [0.717, 1.165) is 72.1 Å². The zero-order chi connectivity index (χ0) is 37.5. The standard InChI is InChI=1S/C54H33NO2/c1-2-12-36-32-53-49(29-35(36)11-1)48-31-38(23-28-52(48)57-53)42-15-7-9-19-50(42)55(40-26-27-46-45-18-8-10-20-51(45)56-54(46)33-40)39-24-21-34(22-25-39)47-30-37-13-3-4-14-41(37)43-16-5-6-17-44(43)47/h1-33H. The SMILES string of the molecule is c1ccc(N(c2ccc(-c3cc4ccccc4c4ccccc34)cc2)c2ccc3c(c2)oc2ccccc23)c(-c2ccc3oc4cc5ccccc5cc4c3c2)c1. The van der Waals surface area contributed by atoms with Crippen molar-refractivity contribution in [3.05, 3.63) is 200 Å². The number of fused-ring (bicyclic) bond motifs is 10. The molecule has 3 nitrogen and oxygen atoms in total. The van der Waals surface area contributed by atoms with E-state index in [0.29, 0.717) is 0 Å². The van der Waals surface area contributed by atoms with Gasteiger partial charge in [0.2, 0.25) is 0 Å². The summed E-state index contributed by atoms with van der Waals surface area (Å²) in [5.74, 6) is 0. The molecule has 0 N–H and O–H groups in total. The van der Waals surface area contributed by atoms with Crippen LogP contribution in [0.2, 0.25) is 0 Å². The fourth-order valence-corrected chi connectivity index (χ4v) is 8.91. The van der Waals surface area contributed by atoms with Crippen LogP contribution in [0.3, 0.4) is 0 Å². The van der Waals surface area contributed by atoms with Gasteiger partial charge in [0.25, 0.3) is 0 Å². The van der Waals surface area contributed by atoms with Crippen molar-refractivity contribution in [3.63, 3.8) is 0 Å². The summed E-state index contributed by atoms with van der Waals surface area (Å²) >= 11 is 0. The molecular formula is C54H33NO2. The third-order valence-electron chi connectivity index (χ3n) is 11.6. The van der Waals surface area contributed by atoms with Crippen molar-refractivity contribution in [2.45, 2.75) is 0 Å². The predicted octanol–water partition coefficient (Wildman–Crippen LogP) is 15.7. The van der Waals surface area contributed by atoms with Crippen LogP contribution in [0, 0.1) is 0 Å². The van der Waals surface area contributed by atoms with Crippen molar-refractivity contribution >= 4 is 93.3 Å². The summed E-state index contributed by atoms with van der Waals surface area (Å²) in [6, 6.07) is 71.7. The minimum absolute atomic E-state index is 0.856. The van der Waals surface area contributed by atoms with Crippen LogP contribution >= 0.6 is 0 Å². The van der Waals surface area contributed by atoms with E-state index in [-0.39, 0.29) is 0 Å². The lowest BCUT2D eigenvalue weighted by atomic mass is 9.93. The largest absolute Gasteiger partial charge is 0.456 e. The van der Waals surface area contributed by atoms with Crippen LogP contribution in [-0.4, -0.2) is 0 Å². The molecule has 57 heavy (non-hydrogen) atoms. The quantitative estimate of drug-likeness (QED) is 0.165. The average molecular weight is 728 g/mol. The second-order valence-corrected chi connectivity index (χ2v) is 14.9. The summed E-state index contributed by atoms with van der Waals surface area (Å²) < 4.78 is 12.9. The van der Waals surface area contributed by atoms with Gasteiger partial charge in [0.05, 0.1) is 5.69 Å². The second kappa shape index (κ2) is 12.5. The number of nitrogens with zero attached hydrogens (tertiary/aromatic N) is 1. The summed E-state index contributed by atoms with van der Waals surface area (Å²) in [5, 5.41) is 11.8. The van der Waals surface area contributed by atoms with Gasteiger partial charge in [-0.1, -0.05) is 127 Å². The first-order chi connectivity index (χ1) is 28.2. The molecule has 0 aliphatic heterocycles. The highest BCUT2D eigenvalue weighted by molar-refractivity contribution is 6.14. The smallest absolute Gasteiger partial charge is 0.137 e. The van der Waals surface area contributed by atoms with E-state index < -0.39 is 0 Å². The molecule has 0 bridgehead atoms. The number of hydrogen-bond donors (Lipinski definition) is 0. The summed E-state index contributed by atoms with van der Waals surface area (Å²) in [4.78, 5) is 2.36.